The highest BCUT2D eigenvalue weighted by molar-refractivity contribution is 6.05. The molecule has 0 amide bonds. The van der Waals surface area contributed by atoms with Gasteiger partial charge in [-0.1, -0.05) is 48.6 Å². The molecule has 1 saturated carbocycles. The molecule has 0 N–H and O–H groups in total. The summed E-state index contributed by atoms with van der Waals surface area (Å²) in [5.74, 6) is 1.24. The topological polar surface area (TPSA) is 17.1 Å². The normalized spacial score (nSPS) is 38.0. The van der Waals surface area contributed by atoms with Crippen molar-refractivity contribution in [3.05, 3.63) is 59.8 Å². The van der Waals surface area contributed by atoms with Crippen molar-refractivity contribution in [3.63, 3.8) is 0 Å². The van der Waals surface area contributed by atoms with Crippen LogP contribution in [0.1, 0.15) is 40.0 Å². The number of hydrogen-bond acceptors (Lipinski definition) is 1. The van der Waals surface area contributed by atoms with Gasteiger partial charge in [-0.2, -0.15) is 0 Å². The van der Waals surface area contributed by atoms with E-state index in [1.165, 1.54) is 16.7 Å². The Balaban J connectivity index is 2.18. The van der Waals surface area contributed by atoms with E-state index in [0.29, 0.717) is 11.8 Å². The fourth-order valence-electron chi connectivity index (χ4n) is 4.97. The zero-order chi connectivity index (χ0) is 16.2. The molecular weight excluding hydrogens is 268 g/mol. The van der Waals surface area contributed by atoms with Crippen LogP contribution in [-0.2, 0) is 4.79 Å². The van der Waals surface area contributed by atoms with Gasteiger partial charge >= 0.3 is 0 Å². The molecule has 1 nitrogen and oxygen atoms in total. The monoisotopic (exact) mass is 294 g/mol. The van der Waals surface area contributed by atoms with Gasteiger partial charge in [-0.3, -0.25) is 4.79 Å². The Morgan fingerprint density at radius 2 is 1.95 bits per heavy atom. The summed E-state index contributed by atoms with van der Waals surface area (Å²) < 4.78 is 0. The van der Waals surface area contributed by atoms with Crippen LogP contribution >= 0.6 is 0 Å². The molecule has 0 aromatic carbocycles. The highest BCUT2D eigenvalue weighted by Gasteiger charge is 2.57. The van der Waals surface area contributed by atoms with Gasteiger partial charge in [0.05, 0.1) is 5.41 Å². The van der Waals surface area contributed by atoms with Crippen LogP contribution < -0.4 is 0 Å². The predicted molar refractivity (Wildman–Crippen MR) is 92.4 cm³/mol. The van der Waals surface area contributed by atoms with Gasteiger partial charge in [0.1, 0.15) is 0 Å². The average Bonchev–Trinajstić information content (AvgIpc) is 2.74. The van der Waals surface area contributed by atoms with Crippen molar-refractivity contribution < 1.29 is 4.79 Å². The van der Waals surface area contributed by atoms with Gasteiger partial charge in [-0.05, 0) is 63.0 Å². The van der Waals surface area contributed by atoms with Crippen molar-refractivity contribution in [2.24, 2.45) is 23.2 Å². The third-order valence-corrected chi connectivity index (χ3v) is 6.18. The van der Waals surface area contributed by atoms with Crippen molar-refractivity contribution in [1.82, 2.24) is 0 Å². The summed E-state index contributed by atoms with van der Waals surface area (Å²) in [6, 6.07) is 0. The second-order valence-corrected chi connectivity index (χ2v) is 7.42. The smallest absolute Gasteiger partial charge is 0.169 e. The minimum Gasteiger partial charge on any atom is -0.294 e. The van der Waals surface area contributed by atoms with Crippen LogP contribution in [0.3, 0.4) is 0 Å². The van der Waals surface area contributed by atoms with Crippen LogP contribution in [0.4, 0.5) is 0 Å². The van der Waals surface area contributed by atoms with E-state index in [0.717, 1.165) is 30.4 Å². The van der Waals surface area contributed by atoms with Crippen molar-refractivity contribution in [1.29, 1.82) is 0 Å². The molecule has 22 heavy (non-hydrogen) atoms. The van der Waals surface area contributed by atoms with E-state index >= 15 is 0 Å². The van der Waals surface area contributed by atoms with Crippen LogP contribution in [0.25, 0.3) is 0 Å². The summed E-state index contributed by atoms with van der Waals surface area (Å²) >= 11 is 0. The quantitative estimate of drug-likeness (QED) is 0.609. The maximum absolute atomic E-state index is 13.1. The summed E-state index contributed by atoms with van der Waals surface area (Å²) in [6.45, 7) is 19.1. The Labute approximate surface area is 134 Å². The third kappa shape index (κ3) is 1.81. The highest BCUT2D eigenvalue weighted by Crippen LogP contribution is 2.60. The van der Waals surface area contributed by atoms with Gasteiger partial charge < -0.3 is 0 Å². The Morgan fingerprint density at radius 3 is 2.50 bits per heavy atom. The average molecular weight is 294 g/mol. The molecule has 116 valence electrons. The van der Waals surface area contributed by atoms with E-state index in [1.54, 1.807) is 0 Å². The molecule has 1 heteroatoms. The molecular formula is C21H26O. The maximum Gasteiger partial charge on any atom is 0.169 e. The molecule has 0 heterocycles. The summed E-state index contributed by atoms with van der Waals surface area (Å²) in [5.41, 5.74) is 5.06. The molecule has 4 unspecified atom stereocenters. The van der Waals surface area contributed by atoms with Gasteiger partial charge in [0.2, 0.25) is 0 Å². The van der Waals surface area contributed by atoms with E-state index < -0.39 is 5.41 Å². The second kappa shape index (κ2) is 4.94. The summed E-state index contributed by atoms with van der Waals surface area (Å²) in [7, 11) is 0. The third-order valence-electron chi connectivity index (χ3n) is 6.18. The Bertz CT molecular complexity index is 657. The summed E-state index contributed by atoms with van der Waals surface area (Å²) in [4.78, 5) is 13.1. The Kier molecular flexibility index (Phi) is 3.43. The largest absolute Gasteiger partial charge is 0.294 e. The molecule has 0 saturated heterocycles. The Morgan fingerprint density at radius 1 is 1.27 bits per heavy atom. The predicted octanol–water partition coefficient (Wildman–Crippen LogP) is 5.18. The van der Waals surface area contributed by atoms with Crippen LogP contribution in [0.5, 0.6) is 0 Å². The first-order valence-electron chi connectivity index (χ1n) is 8.23. The van der Waals surface area contributed by atoms with Gasteiger partial charge in [0.15, 0.2) is 5.78 Å². The molecule has 0 radical (unpaired) electrons. The number of Topliss-reactive ketones (excluding diaryl/α,β-unsaturated/α-hetero) is 1. The second-order valence-electron chi connectivity index (χ2n) is 7.42. The number of hydrogen-bond donors (Lipinski definition) is 0. The number of carbonyl (C=O) groups is 1. The lowest BCUT2D eigenvalue weighted by atomic mass is 9.51. The zero-order valence-corrected chi connectivity index (χ0v) is 14.0. The van der Waals surface area contributed by atoms with E-state index in [-0.39, 0.29) is 11.7 Å². The highest BCUT2D eigenvalue weighted by atomic mass is 16.1. The lowest BCUT2D eigenvalue weighted by Gasteiger charge is -2.51. The first-order chi connectivity index (χ1) is 10.3. The standard InChI is InChI=1S/C21H26O/c1-12(2)17-8-7-13(3)19-18(17)11-15(5)16(6)21(19)10-9-14(4)20(21)22/h9,11,17-19H,1,3,6-8,10H2,2,4-5H3. The lowest BCUT2D eigenvalue weighted by Crippen LogP contribution is -2.48. The number of ketones is 1. The molecule has 0 bridgehead atoms. The number of rotatable bonds is 1. The molecule has 1 fully saturated rings. The van der Waals surface area contributed by atoms with E-state index in [9.17, 15) is 4.79 Å². The molecule has 0 aromatic heterocycles. The van der Waals surface area contributed by atoms with Crippen LogP contribution in [0.2, 0.25) is 0 Å². The minimum atomic E-state index is -0.473. The van der Waals surface area contributed by atoms with Gasteiger partial charge in [-0.25, -0.2) is 0 Å². The van der Waals surface area contributed by atoms with Crippen molar-refractivity contribution in [3.8, 4) is 0 Å². The SMILES string of the molecule is C=C(C)C1CCC(=C)C2C1C=C(C)C(=C)C21CC=C(C)C1=O. The van der Waals surface area contributed by atoms with E-state index in [1.807, 2.05) is 6.92 Å². The van der Waals surface area contributed by atoms with Crippen LogP contribution in [-0.4, -0.2) is 5.78 Å². The van der Waals surface area contributed by atoms with E-state index in [2.05, 4.69) is 45.7 Å². The molecule has 1 spiro atoms. The van der Waals surface area contributed by atoms with Gasteiger partial charge in [0, 0.05) is 5.92 Å². The van der Waals surface area contributed by atoms with Crippen molar-refractivity contribution in [2.75, 3.05) is 0 Å². The first-order valence-corrected chi connectivity index (χ1v) is 8.23. The molecule has 0 aromatic rings. The number of fused-ring (bicyclic) bond motifs is 2. The molecule has 3 aliphatic rings. The number of carbonyl (C=O) groups excluding carboxylic acids is 1. The molecule has 3 rings (SSSR count). The fraction of sp³-hybridized carbons (Fsp3) is 0.476. The van der Waals surface area contributed by atoms with Gasteiger partial charge in [-0.15, -0.1) is 0 Å². The summed E-state index contributed by atoms with van der Waals surface area (Å²) in [6.07, 6.45) is 7.31. The zero-order valence-electron chi connectivity index (χ0n) is 14.0. The fourth-order valence-corrected chi connectivity index (χ4v) is 4.97. The molecule has 0 aliphatic heterocycles. The van der Waals surface area contributed by atoms with Crippen molar-refractivity contribution in [2.45, 2.75) is 40.0 Å². The van der Waals surface area contributed by atoms with E-state index in [4.69, 9.17) is 0 Å². The van der Waals surface area contributed by atoms with Crippen molar-refractivity contribution >= 4 is 5.78 Å². The van der Waals surface area contributed by atoms with Gasteiger partial charge in [0.25, 0.3) is 0 Å². The summed E-state index contributed by atoms with van der Waals surface area (Å²) in [5, 5.41) is 0. The first kappa shape index (κ1) is 15.3. The molecule has 4 atom stereocenters. The minimum absolute atomic E-state index is 0.181. The Hall–Kier alpha value is -1.63. The maximum atomic E-state index is 13.1. The van der Waals surface area contributed by atoms with Crippen LogP contribution in [0, 0.1) is 23.2 Å². The molecule has 3 aliphatic carbocycles. The van der Waals surface area contributed by atoms with Crippen LogP contribution in [0.15, 0.2) is 59.8 Å². The lowest BCUT2D eigenvalue weighted by molar-refractivity contribution is -0.125. The number of allylic oxidation sites excluding steroid dienone is 7.